The third-order valence-electron chi connectivity index (χ3n) is 3.69. The molecule has 0 saturated heterocycles. The van der Waals surface area contributed by atoms with Crippen molar-refractivity contribution in [2.45, 2.75) is 36.1 Å². The Hall–Kier alpha value is -1.20. The van der Waals surface area contributed by atoms with Crippen LogP contribution < -0.4 is 10.6 Å². The Morgan fingerprint density at radius 2 is 2.15 bits per heavy atom. The molecule has 110 valence electrons. The van der Waals surface area contributed by atoms with Gasteiger partial charge in [0, 0.05) is 17.7 Å². The van der Waals surface area contributed by atoms with E-state index in [1.54, 1.807) is 18.9 Å². The first-order chi connectivity index (χ1) is 9.67. The van der Waals surface area contributed by atoms with Crippen molar-refractivity contribution < 1.29 is 9.53 Å². The number of nitrogens with one attached hydrogen (secondary N) is 2. The molecule has 2 rings (SSSR count). The molecular formula is C15H22N2O2S. The maximum absolute atomic E-state index is 12.2. The van der Waals surface area contributed by atoms with Gasteiger partial charge in [0.1, 0.15) is 0 Å². The third kappa shape index (κ3) is 3.90. The van der Waals surface area contributed by atoms with Crippen LogP contribution in [0.15, 0.2) is 29.2 Å². The largest absolute Gasteiger partial charge is 0.382 e. The molecule has 0 radical (unpaired) electrons. The fourth-order valence-corrected chi connectivity index (χ4v) is 3.20. The van der Waals surface area contributed by atoms with Crippen molar-refractivity contribution >= 4 is 23.5 Å². The van der Waals surface area contributed by atoms with Crippen molar-refractivity contribution in [2.24, 2.45) is 0 Å². The highest BCUT2D eigenvalue weighted by atomic mass is 32.2. The van der Waals surface area contributed by atoms with Crippen LogP contribution in [0, 0.1) is 0 Å². The molecule has 2 N–H and O–H groups in total. The van der Waals surface area contributed by atoms with Crippen molar-refractivity contribution in [1.82, 2.24) is 5.32 Å². The van der Waals surface area contributed by atoms with Crippen molar-refractivity contribution in [3.8, 4) is 0 Å². The maximum Gasteiger partial charge on any atom is 0.319 e. The van der Waals surface area contributed by atoms with Gasteiger partial charge in [0.25, 0.3) is 0 Å². The number of methoxy groups -OCH3 is 1. The predicted molar refractivity (Wildman–Crippen MR) is 83.5 cm³/mol. The van der Waals surface area contributed by atoms with E-state index in [2.05, 4.69) is 10.6 Å². The van der Waals surface area contributed by atoms with Crippen LogP contribution in [0.1, 0.15) is 25.7 Å². The molecular weight excluding hydrogens is 272 g/mol. The number of anilines is 1. The molecule has 20 heavy (non-hydrogen) atoms. The Kier molecular flexibility index (Phi) is 5.31. The zero-order valence-corrected chi connectivity index (χ0v) is 12.9. The van der Waals surface area contributed by atoms with E-state index < -0.39 is 0 Å². The summed E-state index contributed by atoms with van der Waals surface area (Å²) in [5.74, 6) is 0. The van der Waals surface area contributed by atoms with Gasteiger partial charge in [-0.1, -0.05) is 18.9 Å². The van der Waals surface area contributed by atoms with E-state index in [4.69, 9.17) is 4.74 Å². The van der Waals surface area contributed by atoms with Gasteiger partial charge < -0.3 is 15.4 Å². The molecule has 2 amide bonds. The minimum absolute atomic E-state index is 0.151. The van der Waals surface area contributed by atoms with Crippen LogP contribution in [0.2, 0.25) is 0 Å². The second-order valence-electron chi connectivity index (χ2n) is 5.23. The molecule has 0 bridgehead atoms. The number of ether oxygens (including phenoxy) is 1. The molecule has 0 unspecified atom stereocenters. The lowest BCUT2D eigenvalue weighted by Crippen LogP contribution is -2.51. The molecule has 0 heterocycles. The SMILES string of the molecule is COCC1(NC(=O)Nc2cccc(SC)c2)CCCC1. The molecule has 1 aliphatic carbocycles. The summed E-state index contributed by atoms with van der Waals surface area (Å²) in [6.45, 7) is 0.575. The second-order valence-corrected chi connectivity index (χ2v) is 6.11. The van der Waals surface area contributed by atoms with E-state index in [1.807, 2.05) is 30.5 Å². The van der Waals surface area contributed by atoms with E-state index in [0.717, 1.165) is 36.3 Å². The maximum atomic E-state index is 12.2. The summed E-state index contributed by atoms with van der Waals surface area (Å²) >= 11 is 1.66. The van der Waals surface area contributed by atoms with E-state index >= 15 is 0 Å². The van der Waals surface area contributed by atoms with Crippen LogP contribution in [0.4, 0.5) is 10.5 Å². The molecule has 1 aliphatic rings. The number of hydrogen-bond acceptors (Lipinski definition) is 3. The number of carbonyl (C=O) groups excluding carboxylic acids is 1. The Labute approximate surface area is 124 Å². The van der Waals surface area contributed by atoms with E-state index in [9.17, 15) is 4.79 Å². The van der Waals surface area contributed by atoms with Gasteiger partial charge in [-0.2, -0.15) is 0 Å². The number of amides is 2. The van der Waals surface area contributed by atoms with Gasteiger partial charge in [0.2, 0.25) is 0 Å². The van der Waals surface area contributed by atoms with Gasteiger partial charge in [-0.25, -0.2) is 4.79 Å². The van der Waals surface area contributed by atoms with Crippen molar-refractivity contribution in [2.75, 3.05) is 25.3 Å². The summed E-state index contributed by atoms with van der Waals surface area (Å²) < 4.78 is 5.27. The van der Waals surface area contributed by atoms with E-state index in [-0.39, 0.29) is 11.6 Å². The molecule has 0 atom stereocenters. The van der Waals surface area contributed by atoms with Gasteiger partial charge in [0.05, 0.1) is 12.1 Å². The Bertz CT molecular complexity index is 459. The first kappa shape index (κ1) is 15.2. The highest BCUT2D eigenvalue weighted by Crippen LogP contribution is 2.30. The zero-order valence-electron chi connectivity index (χ0n) is 12.1. The number of benzene rings is 1. The topological polar surface area (TPSA) is 50.4 Å². The van der Waals surface area contributed by atoms with Gasteiger partial charge in [-0.15, -0.1) is 11.8 Å². The molecule has 4 nitrogen and oxygen atoms in total. The summed E-state index contributed by atoms with van der Waals surface area (Å²) in [5, 5.41) is 6.01. The van der Waals surface area contributed by atoms with Crippen molar-refractivity contribution in [3.05, 3.63) is 24.3 Å². The van der Waals surface area contributed by atoms with E-state index in [1.165, 1.54) is 0 Å². The number of urea groups is 1. The normalized spacial score (nSPS) is 16.9. The monoisotopic (exact) mass is 294 g/mol. The lowest BCUT2D eigenvalue weighted by atomic mass is 9.99. The summed E-state index contributed by atoms with van der Waals surface area (Å²) in [6, 6.07) is 7.69. The minimum Gasteiger partial charge on any atom is -0.382 e. The average molecular weight is 294 g/mol. The highest BCUT2D eigenvalue weighted by molar-refractivity contribution is 7.98. The Morgan fingerprint density at radius 3 is 2.80 bits per heavy atom. The van der Waals surface area contributed by atoms with Crippen LogP contribution in [-0.4, -0.2) is 31.5 Å². The lowest BCUT2D eigenvalue weighted by Gasteiger charge is -2.29. The molecule has 1 fully saturated rings. The highest BCUT2D eigenvalue weighted by Gasteiger charge is 2.35. The Balaban J connectivity index is 1.97. The summed E-state index contributed by atoms with van der Waals surface area (Å²) in [7, 11) is 1.68. The number of thioether (sulfide) groups is 1. The summed E-state index contributed by atoms with van der Waals surface area (Å²) in [4.78, 5) is 13.3. The minimum atomic E-state index is -0.198. The molecule has 0 aliphatic heterocycles. The zero-order chi connectivity index (χ0) is 14.4. The fourth-order valence-electron chi connectivity index (χ4n) is 2.74. The first-order valence-electron chi connectivity index (χ1n) is 6.90. The van der Waals surface area contributed by atoms with Crippen LogP contribution in [0.3, 0.4) is 0 Å². The predicted octanol–water partition coefficient (Wildman–Crippen LogP) is 3.49. The number of carbonyl (C=O) groups is 1. The standard InChI is InChI=1S/C15H22N2O2S/c1-19-11-15(8-3-4-9-15)17-14(18)16-12-6-5-7-13(10-12)20-2/h5-7,10H,3-4,8-9,11H2,1-2H3,(H2,16,17,18). The van der Waals surface area contributed by atoms with Crippen LogP contribution >= 0.6 is 11.8 Å². The molecule has 0 aromatic heterocycles. The number of hydrogen-bond donors (Lipinski definition) is 2. The van der Waals surface area contributed by atoms with Crippen molar-refractivity contribution in [3.63, 3.8) is 0 Å². The van der Waals surface area contributed by atoms with Crippen LogP contribution in [0.5, 0.6) is 0 Å². The molecule has 1 aromatic rings. The average Bonchev–Trinajstić information content (AvgIpc) is 2.87. The second kappa shape index (κ2) is 6.99. The van der Waals surface area contributed by atoms with E-state index in [0.29, 0.717) is 6.61 Å². The molecule has 1 aromatic carbocycles. The summed E-state index contributed by atoms with van der Waals surface area (Å²) in [5.41, 5.74) is 0.621. The number of rotatable bonds is 5. The van der Waals surface area contributed by atoms with Gasteiger partial charge in [0.15, 0.2) is 0 Å². The Morgan fingerprint density at radius 1 is 1.40 bits per heavy atom. The quantitative estimate of drug-likeness (QED) is 0.817. The first-order valence-corrected chi connectivity index (χ1v) is 8.12. The molecule has 5 heteroatoms. The van der Waals surface area contributed by atoms with Gasteiger partial charge in [-0.3, -0.25) is 0 Å². The van der Waals surface area contributed by atoms with Crippen LogP contribution in [0.25, 0.3) is 0 Å². The fraction of sp³-hybridized carbons (Fsp3) is 0.533. The smallest absolute Gasteiger partial charge is 0.319 e. The van der Waals surface area contributed by atoms with Crippen molar-refractivity contribution in [1.29, 1.82) is 0 Å². The molecule has 1 saturated carbocycles. The summed E-state index contributed by atoms with van der Waals surface area (Å²) in [6.07, 6.45) is 6.28. The van der Waals surface area contributed by atoms with Gasteiger partial charge >= 0.3 is 6.03 Å². The van der Waals surface area contributed by atoms with Gasteiger partial charge in [-0.05, 0) is 37.3 Å². The molecule has 0 spiro atoms. The third-order valence-corrected chi connectivity index (χ3v) is 4.41. The lowest BCUT2D eigenvalue weighted by molar-refractivity contribution is 0.117. The van der Waals surface area contributed by atoms with Crippen LogP contribution in [-0.2, 0) is 4.74 Å².